The van der Waals surface area contributed by atoms with E-state index in [2.05, 4.69) is 5.32 Å². The first-order chi connectivity index (χ1) is 21.5. The summed E-state index contributed by atoms with van der Waals surface area (Å²) in [4.78, 5) is 29.9. The van der Waals surface area contributed by atoms with Crippen molar-refractivity contribution in [1.29, 1.82) is 0 Å². The van der Waals surface area contributed by atoms with Gasteiger partial charge in [0.05, 0.1) is 10.6 Å². The van der Waals surface area contributed by atoms with Gasteiger partial charge in [-0.1, -0.05) is 90.8 Å². The van der Waals surface area contributed by atoms with Crippen molar-refractivity contribution < 1.29 is 18.0 Å². The Morgan fingerprint density at radius 1 is 0.844 bits per heavy atom. The predicted octanol–water partition coefficient (Wildman–Crippen LogP) is 6.63. The molecule has 0 radical (unpaired) electrons. The maximum absolute atomic E-state index is 14.6. The summed E-state index contributed by atoms with van der Waals surface area (Å²) in [5.74, 6) is -0.824. The van der Waals surface area contributed by atoms with E-state index < -0.39 is 28.5 Å². The molecule has 1 atom stereocenters. The van der Waals surface area contributed by atoms with Gasteiger partial charge in [-0.15, -0.1) is 0 Å². The number of benzene rings is 4. The Morgan fingerprint density at radius 2 is 1.51 bits per heavy atom. The minimum Gasteiger partial charge on any atom is -0.354 e. The number of anilines is 1. The van der Waals surface area contributed by atoms with Gasteiger partial charge in [-0.05, 0) is 79.8 Å². The van der Waals surface area contributed by atoms with Crippen LogP contribution < -0.4 is 9.62 Å². The standard InChI is InChI=1S/C36H40ClN3O4S/c1-5-21-38-36(42)34(23-29-12-7-6-8-13-29)39(24-30-14-10-15-31(37)22-30)35(41)25-40(33-16-9-11-27(3)28(33)4)45(43,44)32-19-17-26(2)18-20-32/h6-20,22,34H,5,21,23-25H2,1-4H3,(H,38,42)/t34-/m0/s1. The van der Waals surface area contributed by atoms with E-state index in [9.17, 15) is 18.0 Å². The second-order valence-corrected chi connectivity index (χ2v) is 13.5. The summed E-state index contributed by atoms with van der Waals surface area (Å²) in [6, 6.07) is 27.6. The van der Waals surface area contributed by atoms with Crippen molar-refractivity contribution in [2.24, 2.45) is 0 Å². The first-order valence-electron chi connectivity index (χ1n) is 15.0. The molecule has 0 heterocycles. The molecule has 1 N–H and O–H groups in total. The molecule has 0 saturated carbocycles. The van der Waals surface area contributed by atoms with Crippen molar-refractivity contribution in [3.8, 4) is 0 Å². The zero-order valence-corrected chi connectivity index (χ0v) is 27.7. The van der Waals surface area contributed by atoms with E-state index in [1.54, 1.807) is 54.6 Å². The van der Waals surface area contributed by atoms with Gasteiger partial charge in [-0.3, -0.25) is 13.9 Å². The van der Waals surface area contributed by atoms with Gasteiger partial charge < -0.3 is 10.2 Å². The van der Waals surface area contributed by atoms with E-state index in [1.165, 1.54) is 4.90 Å². The Balaban J connectivity index is 1.83. The summed E-state index contributed by atoms with van der Waals surface area (Å²) in [6.07, 6.45) is 0.970. The average molecular weight is 646 g/mol. The predicted molar refractivity (Wildman–Crippen MR) is 181 cm³/mol. The Hall–Kier alpha value is -4.14. The number of aryl methyl sites for hydroxylation is 2. The van der Waals surface area contributed by atoms with Crippen LogP contribution >= 0.6 is 11.6 Å². The second-order valence-electron chi connectivity index (χ2n) is 11.2. The Kier molecular flexibility index (Phi) is 11.4. The third-order valence-electron chi connectivity index (χ3n) is 7.79. The van der Waals surface area contributed by atoms with Crippen LogP contribution in [0.3, 0.4) is 0 Å². The van der Waals surface area contributed by atoms with E-state index in [0.717, 1.165) is 38.5 Å². The van der Waals surface area contributed by atoms with Crippen LogP contribution in [-0.2, 0) is 32.6 Å². The zero-order valence-electron chi connectivity index (χ0n) is 26.2. The van der Waals surface area contributed by atoms with Crippen LogP contribution in [0.5, 0.6) is 0 Å². The van der Waals surface area contributed by atoms with Crippen LogP contribution in [0.2, 0.25) is 5.02 Å². The normalized spacial score (nSPS) is 11.9. The summed E-state index contributed by atoms with van der Waals surface area (Å²) in [6.45, 7) is 7.57. The highest BCUT2D eigenvalue weighted by molar-refractivity contribution is 7.92. The highest BCUT2D eigenvalue weighted by atomic mass is 35.5. The largest absolute Gasteiger partial charge is 0.354 e. The molecule has 4 rings (SSSR count). The molecule has 0 aliphatic carbocycles. The topological polar surface area (TPSA) is 86.8 Å². The van der Waals surface area contributed by atoms with E-state index in [4.69, 9.17) is 11.6 Å². The first-order valence-corrected chi connectivity index (χ1v) is 16.8. The van der Waals surface area contributed by atoms with Crippen molar-refractivity contribution in [2.45, 2.75) is 58.0 Å². The zero-order chi connectivity index (χ0) is 32.6. The van der Waals surface area contributed by atoms with Gasteiger partial charge in [0, 0.05) is 24.5 Å². The van der Waals surface area contributed by atoms with Crippen LogP contribution in [0.25, 0.3) is 0 Å². The molecule has 0 unspecified atom stereocenters. The number of hydrogen-bond donors (Lipinski definition) is 1. The lowest BCUT2D eigenvalue weighted by Gasteiger charge is -2.34. The summed E-state index contributed by atoms with van der Waals surface area (Å²) in [5, 5.41) is 3.45. The third kappa shape index (κ3) is 8.53. The number of nitrogens with one attached hydrogen (secondary N) is 1. The van der Waals surface area contributed by atoms with Gasteiger partial charge in [-0.2, -0.15) is 0 Å². The van der Waals surface area contributed by atoms with Crippen molar-refractivity contribution in [3.63, 3.8) is 0 Å². The lowest BCUT2D eigenvalue weighted by molar-refractivity contribution is -0.140. The molecule has 0 aliphatic heterocycles. The molecule has 0 bridgehead atoms. The molecule has 0 spiro atoms. The fourth-order valence-corrected chi connectivity index (χ4v) is 6.79. The average Bonchev–Trinajstić information content (AvgIpc) is 3.02. The molecule has 4 aromatic rings. The fraction of sp³-hybridized carbons (Fsp3) is 0.278. The van der Waals surface area contributed by atoms with Gasteiger partial charge >= 0.3 is 0 Å². The van der Waals surface area contributed by atoms with Gasteiger partial charge in [0.2, 0.25) is 11.8 Å². The maximum Gasteiger partial charge on any atom is 0.264 e. The van der Waals surface area contributed by atoms with Crippen LogP contribution in [-0.4, -0.2) is 44.3 Å². The van der Waals surface area contributed by atoms with Crippen LogP contribution in [0.15, 0.2) is 102 Å². The van der Waals surface area contributed by atoms with E-state index in [1.807, 2.05) is 70.2 Å². The number of hydrogen-bond acceptors (Lipinski definition) is 4. The van der Waals surface area contributed by atoms with Crippen LogP contribution in [0.4, 0.5) is 5.69 Å². The van der Waals surface area contributed by atoms with Crippen molar-refractivity contribution in [3.05, 3.63) is 130 Å². The van der Waals surface area contributed by atoms with Crippen LogP contribution in [0.1, 0.15) is 41.2 Å². The van der Waals surface area contributed by atoms with Gasteiger partial charge in [-0.25, -0.2) is 8.42 Å². The minimum atomic E-state index is -4.17. The molecule has 45 heavy (non-hydrogen) atoms. The number of sulfonamides is 1. The lowest BCUT2D eigenvalue weighted by Crippen LogP contribution is -2.53. The molecular weight excluding hydrogens is 606 g/mol. The number of amides is 2. The molecule has 4 aromatic carbocycles. The monoisotopic (exact) mass is 645 g/mol. The van der Waals surface area contributed by atoms with Gasteiger partial charge in [0.1, 0.15) is 12.6 Å². The number of rotatable bonds is 13. The number of carbonyl (C=O) groups is 2. The third-order valence-corrected chi connectivity index (χ3v) is 9.80. The van der Waals surface area contributed by atoms with Crippen molar-refractivity contribution >= 4 is 39.1 Å². The summed E-state index contributed by atoms with van der Waals surface area (Å²) in [5.41, 5.74) is 4.54. The summed E-state index contributed by atoms with van der Waals surface area (Å²) in [7, 11) is -4.17. The number of nitrogens with zero attached hydrogens (tertiary/aromatic N) is 2. The van der Waals surface area contributed by atoms with E-state index in [-0.39, 0.29) is 23.8 Å². The highest BCUT2D eigenvalue weighted by Gasteiger charge is 2.35. The van der Waals surface area contributed by atoms with Crippen molar-refractivity contribution in [2.75, 3.05) is 17.4 Å². The molecule has 0 fully saturated rings. The maximum atomic E-state index is 14.6. The molecule has 0 aliphatic rings. The number of carbonyl (C=O) groups excluding carboxylic acids is 2. The minimum absolute atomic E-state index is 0.0572. The van der Waals surface area contributed by atoms with E-state index in [0.29, 0.717) is 17.3 Å². The number of halogens is 1. The molecule has 2 amide bonds. The fourth-order valence-electron chi connectivity index (χ4n) is 5.11. The molecule has 0 aromatic heterocycles. The smallest absolute Gasteiger partial charge is 0.264 e. The summed E-state index contributed by atoms with van der Waals surface area (Å²) >= 11 is 6.31. The molecule has 0 saturated heterocycles. The second kappa shape index (κ2) is 15.2. The SMILES string of the molecule is CCCNC(=O)[C@H](Cc1ccccc1)N(Cc1cccc(Cl)c1)C(=O)CN(c1cccc(C)c1C)S(=O)(=O)c1ccc(C)cc1. The molecule has 9 heteroatoms. The molecular formula is C36H40ClN3O4S. The lowest BCUT2D eigenvalue weighted by atomic mass is 10.0. The van der Waals surface area contributed by atoms with Crippen molar-refractivity contribution in [1.82, 2.24) is 10.2 Å². The van der Waals surface area contributed by atoms with Crippen LogP contribution in [0, 0.1) is 20.8 Å². The molecule has 7 nitrogen and oxygen atoms in total. The van der Waals surface area contributed by atoms with Gasteiger partial charge in [0.15, 0.2) is 0 Å². The molecule has 236 valence electrons. The highest BCUT2D eigenvalue weighted by Crippen LogP contribution is 2.29. The first kappa shape index (κ1) is 33.7. The Labute approximate surface area is 271 Å². The Bertz CT molecular complexity index is 1730. The van der Waals surface area contributed by atoms with Gasteiger partial charge in [0.25, 0.3) is 10.0 Å². The summed E-state index contributed by atoms with van der Waals surface area (Å²) < 4.78 is 29.7. The Morgan fingerprint density at radius 3 is 2.18 bits per heavy atom. The van der Waals surface area contributed by atoms with E-state index >= 15 is 0 Å². The quantitative estimate of drug-likeness (QED) is 0.177.